The predicted molar refractivity (Wildman–Crippen MR) is 69.1 cm³/mol. The van der Waals surface area contributed by atoms with Crippen LogP contribution in [-0.4, -0.2) is 14.7 Å². The van der Waals surface area contributed by atoms with Crippen LogP contribution in [-0.2, 0) is 7.05 Å². The lowest BCUT2D eigenvalue weighted by Crippen LogP contribution is -1.92. The number of nitrogens with zero attached hydrogens (tertiary/aromatic N) is 3. The van der Waals surface area contributed by atoms with Gasteiger partial charge < -0.3 is 4.74 Å². The highest BCUT2D eigenvalue weighted by atomic mass is 127. The molecule has 0 fully saturated rings. The van der Waals surface area contributed by atoms with Crippen LogP contribution in [0.25, 0.3) is 0 Å². The summed E-state index contributed by atoms with van der Waals surface area (Å²) in [5.41, 5.74) is -0.147. The quantitative estimate of drug-likeness (QED) is 0.487. The highest BCUT2D eigenvalue weighted by Crippen LogP contribution is 2.29. The van der Waals surface area contributed by atoms with Crippen LogP contribution < -0.4 is 4.74 Å². The van der Waals surface area contributed by atoms with Crippen LogP contribution in [0.1, 0.15) is 0 Å². The number of halogens is 1. The number of ether oxygens (including phenoxy) is 1. The van der Waals surface area contributed by atoms with Crippen molar-refractivity contribution in [1.29, 1.82) is 0 Å². The van der Waals surface area contributed by atoms with Crippen molar-refractivity contribution >= 4 is 28.3 Å². The first-order chi connectivity index (χ1) is 8.06. The Hall–Kier alpha value is -1.64. The molecule has 0 saturated carbocycles. The zero-order chi connectivity index (χ0) is 12.4. The lowest BCUT2D eigenvalue weighted by atomic mass is 10.3. The van der Waals surface area contributed by atoms with Gasteiger partial charge in [-0.1, -0.05) is 6.07 Å². The van der Waals surface area contributed by atoms with E-state index in [0.717, 1.165) is 3.57 Å². The Morgan fingerprint density at radius 2 is 2.29 bits per heavy atom. The maximum atomic E-state index is 10.8. The largest absolute Gasteiger partial charge is 0.433 e. The fourth-order valence-corrected chi connectivity index (χ4v) is 1.81. The topological polar surface area (TPSA) is 70.2 Å². The van der Waals surface area contributed by atoms with Crippen LogP contribution in [0.2, 0.25) is 0 Å². The molecule has 88 valence electrons. The summed E-state index contributed by atoms with van der Waals surface area (Å²) in [5.74, 6) is 0.526. The fourth-order valence-electron chi connectivity index (χ4n) is 1.30. The number of rotatable bonds is 3. The summed E-state index contributed by atoms with van der Waals surface area (Å²) in [4.78, 5) is 10.2. The van der Waals surface area contributed by atoms with Crippen molar-refractivity contribution in [3.63, 3.8) is 0 Å². The summed E-state index contributed by atoms with van der Waals surface area (Å²) in [5, 5.41) is 14.7. The second-order valence-electron chi connectivity index (χ2n) is 3.31. The van der Waals surface area contributed by atoms with Crippen molar-refractivity contribution in [1.82, 2.24) is 9.78 Å². The van der Waals surface area contributed by atoms with E-state index in [-0.39, 0.29) is 11.6 Å². The molecular weight excluding hydrogens is 337 g/mol. The van der Waals surface area contributed by atoms with E-state index < -0.39 is 4.92 Å². The predicted octanol–water partition coefficient (Wildman–Crippen LogP) is 2.73. The lowest BCUT2D eigenvalue weighted by molar-refractivity contribution is -0.385. The van der Waals surface area contributed by atoms with Crippen LogP contribution in [0.15, 0.2) is 30.5 Å². The summed E-state index contributed by atoms with van der Waals surface area (Å²) >= 11 is 2.14. The Balaban J connectivity index is 2.32. The van der Waals surface area contributed by atoms with E-state index in [1.54, 1.807) is 19.2 Å². The van der Waals surface area contributed by atoms with Gasteiger partial charge in [0.1, 0.15) is 11.9 Å². The number of hydrogen-bond donors (Lipinski definition) is 0. The summed E-state index contributed by atoms with van der Waals surface area (Å²) < 4.78 is 7.73. The highest BCUT2D eigenvalue weighted by Gasteiger charge is 2.20. The Labute approximate surface area is 110 Å². The van der Waals surface area contributed by atoms with E-state index in [1.807, 2.05) is 12.1 Å². The molecule has 1 heterocycles. The zero-order valence-electron chi connectivity index (χ0n) is 8.83. The monoisotopic (exact) mass is 345 g/mol. The molecule has 7 heteroatoms. The molecule has 2 aromatic rings. The van der Waals surface area contributed by atoms with Gasteiger partial charge in [0.25, 0.3) is 0 Å². The van der Waals surface area contributed by atoms with Gasteiger partial charge in [-0.3, -0.25) is 14.8 Å². The summed E-state index contributed by atoms with van der Waals surface area (Å²) in [6.07, 6.45) is 1.31. The molecule has 0 radical (unpaired) electrons. The maximum absolute atomic E-state index is 10.8. The first-order valence-corrected chi connectivity index (χ1v) is 5.75. The summed E-state index contributed by atoms with van der Waals surface area (Å²) in [6, 6.07) is 7.21. The first kappa shape index (κ1) is 11.8. The van der Waals surface area contributed by atoms with Crippen molar-refractivity contribution in [2.75, 3.05) is 0 Å². The molecule has 2 rings (SSSR count). The van der Waals surface area contributed by atoms with E-state index >= 15 is 0 Å². The van der Waals surface area contributed by atoms with Gasteiger partial charge in [-0.15, -0.1) is 5.10 Å². The average molecular weight is 345 g/mol. The molecule has 1 aromatic carbocycles. The first-order valence-electron chi connectivity index (χ1n) is 4.68. The molecule has 0 unspecified atom stereocenters. The standard InChI is InChI=1S/C10H8IN3O3/c1-13-6-9(14(15)16)10(12-13)17-8-4-2-3-7(11)5-8/h2-6H,1H3. The van der Waals surface area contributed by atoms with Gasteiger partial charge >= 0.3 is 11.6 Å². The second-order valence-corrected chi connectivity index (χ2v) is 4.56. The van der Waals surface area contributed by atoms with Gasteiger partial charge in [0.15, 0.2) is 0 Å². The molecule has 6 nitrogen and oxygen atoms in total. The Kier molecular flexibility index (Phi) is 3.27. The minimum atomic E-state index is -0.518. The van der Waals surface area contributed by atoms with E-state index in [9.17, 15) is 10.1 Å². The third kappa shape index (κ3) is 2.73. The van der Waals surface area contributed by atoms with E-state index in [4.69, 9.17) is 4.74 Å². The van der Waals surface area contributed by atoms with Crippen molar-refractivity contribution in [3.05, 3.63) is 44.1 Å². The number of nitro groups is 1. The fraction of sp³-hybridized carbons (Fsp3) is 0.100. The van der Waals surface area contributed by atoms with E-state index in [0.29, 0.717) is 5.75 Å². The molecule has 0 amide bonds. The molecule has 17 heavy (non-hydrogen) atoms. The van der Waals surface area contributed by atoms with Gasteiger partial charge in [0.05, 0.1) is 4.92 Å². The van der Waals surface area contributed by atoms with Gasteiger partial charge in [0, 0.05) is 10.6 Å². The molecule has 1 aromatic heterocycles. The van der Waals surface area contributed by atoms with E-state index in [1.165, 1.54) is 10.9 Å². The highest BCUT2D eigenvalue weighted by molar-refractivity contribution is 14.1. The maximum Gasteiger partial charge on any atom is 0.350 e. The molecule has 0 bridgehead atoms. The number of aromatic nitrogens is 2. The third-order valence-electron chi connectivity index (χ3n) is 1.98. The van der Waals surface area contributed by atoms with Gasteiger partial charge in [-0.2, -0.15) is 0 Å². The Bertz CT molecular complexity index is 568. The van der Waals surface area contributed by atoms with Crippen LogP contribution in [0.3, 0.4) is 0 Å². The third-order valence-corrected chi connectivity index (χ3v) is 2.66. The number of aryl methyl sites for hydroxylation is 1. The van der Waals surface area contributed by atoms with Crippen molar-refractivity contribution < 1.29 is 9.66 Å². The summed E-state index contributed by atoms with van der Waals surface area (Å²) in [7, 11) is 1.61. The van der Waals surface area contributed by atoms with Crippen LogP contribution in [0, 0.1) is 13.7 Å². The molecule has 0 N–H and O–H groups in total. The average Bonchev–Trinajstić information content (AvgIpc) is 2.59. The zero-order valence-corrected chi connectivity index (χ0v) is 11.0. The Morgan fingerprint density at radius 1 is 1.53 bits per heavy atom. The molecular formula is C10H8IN3O3. The van der Waals surface area contributed by atoms with Crippen molar-refractivity contribution in [2.24, 2.45) is 7.05 Å². The number of hydrogen-bond acceptors (Lipinski definition) is 4. The molecule has 0 spiro atoms. The lowest BCUT2D eigenvalue weighted by Gasteiger charge is -2.01. The van der Waals surface area contributed by atoms with Gasteiger partial charge in [0.2, 0.25) is 0 Å². The SMILES string of the molecule is Cn1cc([N+](=O)[O-])c(Oc2cccc(I)c2)n1. The molecule has 0 aliphatic heterocycles. The minimum absolute atomic E-state index is 0.000463. The second kappa shape index (κ2) is 4.70. The molecule has 0 atom stereocenters. The summed E-state index contributed by atoms with van der Waals surface area (Å²) in [6.45, 7) is 0. The van der Waals surface area contributed by atoms with Crippen LogP contribution in [0.4, 0.5) is 5.69 Å². The van der Waals surface area contributed by atoms with Crippen molar-refractivity contribution in [2.45, 2.75) is 0 Å². The molecule has 0 aliphatic carbocycles. The minimum Gasteiger partial charge on any atom is -0.433 e. The van der Waals surface area contributed by atoms with Crippen molar-refractivity contribution in [3.8, 4) is 11.6 Å². The van der Waals surface area contributed by atoms with Crippen LogP contribution in [0.5, 0.6) is 11.6 Å². The van der Waals surface area contributed by atoms with Gasteiger partial charge in [-0.05, 0) is 40.8 Å². The van der Waals surface area contributed by atoms with Crippen LogP contribution >= 0.6 is 22.6 Å². The molecule has 0 aliphatic rings. The molecule has 0 saturated heterocycles. The normalized spacial score (nSPS) is 10.2. The van der Waals surface area contributed by atoms with Gasteiger partial charge in [-0.25, -0.2) is 0 Å². The number of benzene rings is 1. The smallest absolute Gasteiger partial charge is 0.350 e. The van der Waals surface area contributed by atoms with E-state index in [2.05, 4.69) is 27.7 Å². The Morgan fingerprint density at radius 3 is 2.94 bits per heavy atom.